The van der Waals surface area contributed by atoms with Gasteiger partial charge in [-0.25, -0.2) is 4.98 Å². The lowest BCUT2D eigenvalue weighted by Crippen LogP contribution is -2.15. The van der Waals surface area contributed by atoms with Crippen molar-refractivity contribution >= 4 is 17.0 Å². The van der Waals surface area contributed by atoms with E-state index in [1.165, 1.54) is 0 Å². The van der Waals surface area contributed by atoms with Crippen molar-refractivity contribution in [2.45, 2.75) is 6.04 Å². The van der Waals surface area contributed by atoms with Gasteiger partial charge in [-0.3, -0.25) is 0 Å². The number of anilines is 1. The first-order chi connectivity index (χ1) is 8.84. The van der Waals surface area contributed by atoms with Crippen LogP contribution in [0, 0.1) is 0 Å². The number of nitrogens with zero attached hydrogens (tertiary/aromatic N) is 2. The molecule has 0 aliphatic heterocycles. The van der Waals surface area contributed by atoms with Crippen molar-refractivity contribution in [2.24, 2.45) is 7.05 Å². The average molecular weight is 259 g/mol. The number of imidazole rings is 1. The molecular weight excluding hydrogens is 246 g/mol. The van der Waals surface area contributed by atoms with Crippen LogP contribution in [0.2, 0.25) is 0 Å². The minimum atomic E-state index is -0.0744. The standard InChI is InChI=1S/C13H13N3OS/c1-16-6-5-14-13(16)12(11-3-2-7-17-11)15-10-4-8-18-9-10/h2-9,12,15H,1H3. The van der Waals surface area contributed by atoms with E-state index in [-0.39, 0.29) is 6.04 Å². The summed E-state index contributed by atoms with van der Waals surface area (Å²) in [6.07, 6.45) is 5.40. The SMILES string of the molecule is Cn1ccnc1C(Nc1ccsc1)c1ccco1. The third-order valence-electron chi connectivity index (χ3n) is 2.78. The van der Waals surface area contributed by atoms with E-state index in [1.54, 1.807) is 23.8 Å². The first-order valence-corrected chi connectivity index (χ1v) is 6.58. The Morgan fingerprint density at radius 1 is 1.44 bits per heavy atom. The zero-order valence-electron chi connectivity index (χ0n) is 9.91. The van der Waals surface area contributed by atoms with Gasteiger partial charge in [-0.15, -0.1) is 0 Å². The lowest BCUT2D eigenvalue weighted by atomic mass is 10.2. The van der Waals surface area contributed by atoms with Crippen molar-refractivity contribution in [3.8, 4) is 0 Å². The second-order valence-corrected chi connectivity index (χ2v) is 4.78. The van der Waals surface area contributed by atoms with Gasteiger partial charge < -0.3 is 14.3 Å². The fourth-order valence-corrected chi connectivity index (χ4v) is 2.48. The number of hydrogen-bond donors (Lipinski definition) is 1. The minimum Gasteiger partial charge on any atom is -0.467 e. The van der Waals surface area contributed by atoms with E-state index in [2.05, 4.69) is 15.7 Å². The number of nitrogens with one attached hydrogen (secondary N) is 1. The number of thiophene rings is 1. The monoisotopic (exact) mass is 259 g/mol. The number of aryl methyl sites for hydroxylation is 1. The maximum absolute atomic E-state index is 5.51. The summed E-state index contributed by atoms with van der Waals surface area (Å²) in [5, 5.41) is 7.55. The van der Waals surface area contributed by atoms with Gasteiger partial charge in [-0.2, -0.15) is 11.3 Å². The van der Waals surface area contributed by atoms with E-state index in [4.69, 9.17) is 4.42 Å². The highest BCUT2D eigenvalue weighted by atomic mass is 32.1. The highest BCUT2D eigenvalue weighted by Gasteiger charge is 2.20. The molecule has 1 unspecified atom stereocenters. The summed E-state index contributed by atoms with van der Waals surface area (Å²) in [6.45, 7) is 0. The van der Waals surface area contributed by atoms with Gasteiger partial charge in [0.15, 0.2) is 0 Å². The van der Waals surface area contributed by atoms with Crippen molar-refractivity contribution in [3.63, 3.8) is 0 Å². The third-order valence-corrected chi connectivity index (χ3v) is 3.46. The van der Waals surface area contributed by atoms with E-state index in [1.807, 2.05) is 41.4 Å². The Morgan fingerprint density at radius 2 is 2.39 bits per heavy atom. The van der Waals surface area contributed by atoms with Crippen LogP contribution in [0.5, 0.6) is 0 Å². The van der Waals surface area contributed by atoms with Crippen molar-refractivity contribution in [1.82, 2.24) is 9.55 Å². The number of rotatable bonds is 4. The Balaban J connectivity index is 1.97. The first-order valence-electron chi connectivity index (χ1n) is 5.64. The van der Waals surface area contributed by atoms with E-state index in [0.717, 1.165) is 17.3 Å². The third kappa shape index (κ3) is 2.04. The van der Waals surface area contributed by atoms with E-state index in [0.29, 0.717) is 0 Å². The molecule has 0 aliphatic rings. The van der Waals surface area contributed by atoms with Crippen LogP contribution in [0.3, 0.4) is 0 Å². The molecule has 0 radical (unpaired) electrons. The fraction of sp³-hybridized carbons (Fsp3) is 0.154. The maximum Gasteiger partial charge on any atom is 0.143 e. The molecule has 3 rings (SSSR count). The minimum absolute atomic E-state index is 0.0744. The molecule has 0 aliphatic carbocycles. The Morgan fingerprint density at radius 3 is 3.00 bits per heavy atom. The van der Waals surface area contributed by atoms with Crippen LogP contribution in [-0.2, 0) is 7.05 Å². The Labute approximate surface area is 109 Å². The molecule has 0 saturated heterocycles. The molecule has 0 saturated carbocycles. The zero-order chi connectivity index (χ0) is 12.4. The molecule has 3 heterocycles. The molecule has 0 bridgehead atoms. The predicted octanol–water partition coefficient (Wildman–Crippen LogP) is 3.28. The van der Waals surface area contributed by atoms with Crippen LogP contribution in [0.4, 0.5) is 5.69 Å². The molecular formula is C13H13N3OS. The van der Waals surface area contributed by atoms with Crippen molar-refractivity contribution in [2.75, 3.05) is 5.32 Å². The fourth-order valence-electron chi connectivity index (χ4n) is 1.89. The summed E-state index contributed by atoms with van der Waals surface area (Å²) in [4.78, 5) is 4.40. The largest absolute Gasteiger partial charge is 0.467 e. The summed E-state index contributed by atoms with van der Waals surface area (Å²) in [5.41, 5.74) is 1.07. The molecule has 0 amide bonds. The highest BCUT2D eigenvalue weighted by Crippen LogP contribution is 2.26. The second kappa shape index (κ2) is 4.70. The van der Waals surface area contributed by atoms with E-state index >= 15 is 0 Å². The molecule has 18 heavy (non-hydrogen) atoms. The number of hydrogen-bond acceptors (Lipinski definition) is 4. The Hall–Kier alpha value is -2.01. The van der Waals surface area contributed by atoms with Crippen molar-refractivity contribution in [1.29, 1.82) is 0 Å². The quantitative estimate of drug-likeness (QED) is 0.782. The highest BCUT2D eigenvalue weighted by molar-refractivity contribution is 7.08. The first kappa shape index (κ1) is 11.1. The maximum atomic E-state index is 5.51. The summed E-state index contributed by atoms with van der Waals surface area (Å²) >= 11 is 1.66. The summed E-state index contributed by atoms with van der Waals surface area (Å²) in [6, 6.07) is 5.82. The lowest BCUT2D eigenvalue weighted by Gasteiger charge is -2.16. The lowest BCUT2D eigenvalue weighted by molar-refractivity contribution is 0.488. The van der Waals surface area contributed by atoms with Gasteiger partial charge >= 0.3 is 0 Å². The molecule has 0 fully saturated rings. The van der Waals surface area contributed by atoms with Gasteiger partial charge in [0.1, 0.15) is 17.6 Å². The van der Waals surface area contributed by atoms with Crippen molar-refractivity contribution < 1.29 is 4.42 Å². The Kier molecular flexibility index (Phi) is 2.90. The average Bonchev–Trinajstić information content (AvgIpc) is 3.09. The summed E-state index contributed by atoms with van der Waals surface area (Å²) in [5.74, 6) is 1.78. The zero-order valence-corrected chi connectivity index (χ0v) is 10.7. The van der Waals surface area contributed by atoms with Crippen LogP contribution in [0.1, 0.15) is 17.6 Å². The molecule has 5 heteroatoms. The Bertz CT molecular complexity index is 598. The number of aromatic nitrogens is 2. The summed E-state index contributed by atoms with van der Waals surface area (Å²) in [7, 11) is 1.98. The van der Waals surface area contributed by atoms with Crippen LogP contribution >= 0.6 is 11.3 Å². The molecule has 4 nitrogen and oxygen atoms in total. The molecule has 3 aromatic heterocycles. The van der Waals surface area contributed by atoms with Gasteiger partial charge in [0.25, 0.3) is 0 Å². The predicted molar refractivity (Wildman–Crippen MR) is 71.7 cm³/mol. The van der Waals surface area contributed by atoms with Crippen LogP contribution in [0.25, 0.3) is 0 Å². The van der Waals surface area contributed by atoms with Gasteiger partial charge in [0.05, 0.1) is 6.26 Å². The molecule has 1 N–H and O–H groups in total. The molecule has 3 aromatic rings. The molecule has 92 valence electrons. The summed E-state index contributed by atoms with van der Waals surface area (Å²) < 4.78 is 7.50. The van der Waals surface area contributed by atoms with Crippen molar-refractivity contribution in [3.05, 3.63) is 59.2 Å². The van der Waals surface area contributed by atoms with Gasteiger partial charge in [0, 0.05) is 30.5 Å². The number of furan rings is 1. The van der Waals surface area contributed by atoms with Crippen LogP contribution < -0.4 is 5.32 Å². The van der Waals surface area contributed by atoms with E-state index < -0.39 is 0 Å². The van der Waals surface area contributed by atoms with Gasteiger partial charge in [-0.1, -0.05) is 0 Å². The normalized spacial score (nSPS) is 12.5. The molecule has 0 aromatic carbocycles. The van der Waals surface area contributed by atoms with Gasteiger partial charge in [0.2, 0.25) is 0 Å². The van der Waals surface area contributed by atoms with Crippen LogP contribution in [0.15, 0.2) is 52.0 Å². The van der Waals surface area contributed by atoms with Crippen LogP contribution in [-0.4, -0.2) is 9.55 Å². The molecule has 1 atom stereocenters. The van der Waals surface area contributed by atoms with E-state index in [9.17, 15) is 0 Å². The topological polar surface area (TPSA) is 43.0 Å². The second-order valence-electron chi connectivity index (χ2n) is 4.00. The van der Waals surface area contributed by atoms with Gasteiger partial charge in [-0.05, 0) is 23.6 Å². The smallest absolute Gasteiger partial charge is 0.143 e. The molecule has 0 spiro atoms.